The molecule has 0 aliphatic heterocycles. The number of benzene rings is 1. The van der Waals surface area contributed by atoms with Crippen molar-refractivity contribution in [3.8, 4) is 5.75 Å². The van der Waals surface area contributed by atoms with Gasteiger partial charge < -0.3 is 9.84 Å². The molecule has 0 spiro atoms. The molecule has 0 fully saturated rings. The fraction of sp³-hybridized carbons (Fsp3) is 0.364. The average Bonchev–Trinajstić information content (AvgIpc) is 2.25. The molecule has 112 valence electrons. The van der Waals surface area contributed by atoms with Gasteiger partial charge in [-0.1, -0.05) is 6.07 Å². The van der Waals surface area contributed by atoms with Gasteiger partial charge in [0.05, 0.1) is 11.3 Å². The highest BCUT2D eigenvalue weighted by molar-refractivity contribution is 7.90. The van der Waals surface area contributed by atoms with E-state index in [1.54, 1.807) is 0 Å². The van der Waals surface area contributed by atoms with Crippen LogP contribution in [0, 0.1) is 0 Å². The van der Waals surface area contributed by atoms with Crippen molar-refractivity contribution in [3.63, 3.8) is 0 Å². The standard InChI is InChI=1S/C11H11F3O5S/c1-20(17,18)8-4-2-3-7(5-8)19-9(6-10(15)16)11(12,13)14/h2-5,9H,6H2,1H3,(H,15,16). The fourth-order valence-electron chi connectivity index (χ4n) is 1.33. The maximum atomic E-state index is 12.6. The lowest BCUT2D eigenvalue weighted by molar-refractivity contribution is -0.200. The Balaban J connectivity index is 3.03. The summed E-state index contributed by atoms with van der Waals surface area (Å²) in [5.41, 5.74) is 0. The van der Waals surface area contributed by atoms with Crippen molar-refractivity contribution >= 4 is 15.8 Å². The molecule has 1 aromatic carbocycles. The van der Waals surface area contributed by atoms with E-state index in [-0.39, 0.29) is 10.6 Å². The molecular formula is C11H11F3O5S. The van der Waals surface area contributed by atoms with E-state index >= 15 is 0 Å². The van der Waals surface area contributed by atoms with Crippen LogP contribution < -0.4 is 4.74 Å². The van der Waals surface area contributed by atoms with Crippen LogP contribution in [0.15, 0.2) is 29.2 Å². The predicted molar refractivity (Wildman–Crippen MR) is 62.3 cm³/mol. The molecule has 0 aliphatic carbocycles. The summed E-state index contributed by atoms with van der Waals surface area (Å²) in [7, 11) is -3.60. The van der Waals surface area contributed by atoms with Crippen LogP contribution in [0.25, 0.3) is 0 Å². The SMILES string of the molecule is CS(=O)(=O)c1cccc(OC(CC(=O)O)C(F)(F)F)c1. The summed E-state index contributed by atoms with van der Waals surface area (Å²) in [5.74, 6) is -2.04. The Bertz CT molecular complexity index is 594. The summed E-state index contributed by atoms with van der Waals surface area (Å²) in [5, 5.41) is 8.43. The zero-order valence-corrected chi connectivity index (χ0v) is 11.0. The number of halogens is 3. The largest absolute Gasteiger partial charge is 0.481 e. The highest BCUT2D eigenvalue weighted by atomic mass is 32.2. The van der Waals surface area contributed by atoms with Gasteiger partial charge in [-0.15, -0.1) is 0 Å². The van der Waals surface area contributed by atoms with Gasteiger partial charge >= 0.3 is 12.1 Å². The van der Waals surface area contributed by atoms with Crippen LogP contribution in [-0.4, -0.2) is 38.0 Å². The van der Waals surface area contributed by atoms with Crippen molar-refractivity contribution in [2.75, 3.05) is 6.26 Å². The molecule has 1 aromatic rings. The molecule has 0 aromatic heterocycles. The Hall–Kier alpha value is -1.77. The molecule has 0 saturated heterocycles. The monoisotopic (exact) mass is 312 g/mol. The molecule has 1 atom stereocenters. The minimum atomic E-state index is -4.88. The molecule has 1 N–H and O–H groups in total. The quantitative estimate of drug-likeness (QED) is 0.898. The Morgan fingerprint density at radius 3 is 2.45 bits per heavy atom. The van der Waals surface area contributed by atoms with Gasteiger partial charge in [0.1, 0.15) is 5.75 Å². The third-order valence-corrected chi connectivity index (χ3v) is 3.35. The van der Waals surface area contributed by atoms with E-state index < -0.39 is 34.5 Å². The van der Waals surface area contributed by atoms with Crippen molar-refractivity contribution in [1.29, 1.82) is 0 Å². The lowest BCUT2D eigenvalue weighted by atomic mass is 10.2. The summed E-state index contributed by atoms with van der Waals surface area (Å²) in [6.45, 7) is 0. The minimum Gasteiger partial charge on any atom is -0.481 e. The van der Waals surface area contributed by atoms with E-state index in [1.165, 1.54) is 12.1 Å². The van der Waals surface area contributed by atoms with Gasteiger partial charge in [0.25, 0.3) is 0 Å². The Kier molecular flexibility index (Phi) is 4.64. The zero-order chi connectivity index (χ0) is 15.6. The second kappa shape index (κ2) is 5.70. The van der Waals surface area contributed by atoms with E-state index in [0.29, 0.717) is 0 Å². The number of aliphatic carboxylic acids is 1. The summed E-state index contributed by atoms with van der Waals surface area (Å²) in [4.78, 5) is 10.2. The van der Waals surface area contributed by atoms with Gasteiger partial charge in [-0.25, -0.2) is 8.42 Å². The van der Waals surface area contributed by atoms with Crippen LogP contribution in [0.2, 0.25) is 0 Å². The van der Waals surface area contributed by atoms with Gasteiger partial charge in [-0.05, 0) is 18.2 Å². The molecule has 0 saturated carbocycles. The van der Waals surface area contributed by atoms with Crippen LogP contribution in [-0.2, 0) is 14.6 Å². The Morgan fingerprint density at radius 1 is 1.40 bits per heavy atom. The minimum absolute atomic E-state index is 0.216. The number of carboxylic acids is 1. The average molecular weight is 312 g/mol. The van der Waals surface area contributed by atoms with E-state index in [0.717, 1.165) is 18.4 Å². The van der Waals surface area contributed by atoms with Crippen molar-refractivity contribution in [1.82, 2.24) is 0 Å². The molecule has 0 radical (unpaired) electrons. The summed E-state index contributed by atoms with van der Waals surface area (Å²) < 4.78 is 64.9. The molecule has 0 aliphatic rings. The number of rotatable bonds is 5. The highest BCUT2D eigenvalue weighted by Crippen LogP contribution is 2.28. The molecule has 9 heteroatoms. The summed E-state index contributed by atoms with van der Waals surface area (Å²) in [6.07, 6.45) is -7.80. The molecule has 1 unspecified atom stereocenters. The normalized spacial score (nSPS) is 13.8. The second-order valence-corrected chi connectivity index (χ2v) is 6.01. The van der Waals surface area contributed by atoms with E-state index in [1.807, 2.05) is 0 Å². The number of carbonyl (C=O) groups is 1. The Labute approximate surface area is 112 Å². The number of ether oxygens (including phenoxy) is 1. The van der Waals surface area contributed by atoms with Crippen LogP contribution in [0.5, 0.6) is 5.75 Å². The molecular weight excluding hydrogens is 301 g/mol. The maximum absolute atomic E-state index is 12.6. The van der Waals surface area contributed by atoms with Gasteiger partial charge in [0.2, 0.25) is 6.10 Å². The number of sulfone groups is 1. The third-order valence-electron chi connectivity index (χ3n) is 2.24. The van der Waals surface area contributed by atoms with Gasteiger partial charge in [-0.3, -0.25) is 4.79 Å². The smallest absolute Gasteiger partial charge is 0.425 e. The first kappa shape index (κ1) is 16.3. The zero-order valence-electron chi connectivity index (χ0n) is 10.2. The van der Waals surface area contributed by atoms with Crippen LogP contribution >= 0.6 is 0 Å². The Morgan fingerprint density at radius 2 is 2.00 bits per heavy atom. The number of alkyl halides is 3. The molecule has 0 bridgehead atoms. The van der Waals surface area contributed by atoms with Crippen LogP contribution in [0.1, 0.15) is 6.42 Å². The maximum Gasteiger partial charge on any atom is 0.425 e. The molecule has 20 heavy (non-hydrogen) atoms. The van der Waals surface area contributed by atoms with Crippen molar-refractivity contribution in [2.24, 2.45) is 0 Å². The number of hydrogen-bond donors (Lipinski definition) is 1. The van der Waals surface area contributed by atoms with Crippen LogP contribution in [0.4, 0.5) is 13.2 Å². The van der Waals surface area contributed by atoms with Gasteiger partial charge in [0.15, 0.2) is 9.84 Å². The third kappa shape index (κ3) is 4.72. The van der Waals surface area contributed by atoms with E-state index in [2.05, 4.69) is 4.74 Å². The molecule has 0 heterocycles. The van der Waals surface area contributed by atoms with E-state index in [4.69, 9.17) is 5.11 Å². The summed E-state index contributed by atoms with van der Waals surface area (Å²) >= 11 is 0. The van der Waals surface area contributed by atoms with Gasteiger partial charge in [0, 0.05) is 6.26 Å². The van der Waals surface area contributed by atoms with Gasteiger partial charge in [-0.2, -0.15) is 13.2 Å². The molecule has 0 amide bonds. The van der Waals surface area contributed by atoms with Crippen molar-refractivity contribution in [3.05, 3.63) is 24.3 Å². The lowest BCUT2D eigenvalue weighted by Gasteiger charge is -2.20. The number of hydrogen-bond acceptors (Lipinski definition) is 4. The highest BCUT2D eigenvalue weighted by Gasteiger charge is 2.43. The fourth-order valence-corrected chi connectivity index (χ4v) is 1.98. The first-order valence-corrected chi connectivity index (χ1v) is 7.14. The topological polar surface area (TPSA) is 80.7 Å². The first-order chi connectivity index (χ1) is 9.00. The van der Waals surface area contributed by atoms with Crippen molar-refractivity contribution in [2.45, 2.75) is 23.6 Å². The molecule has 1 rings (SSSR count). The first-order valence-electron chi connectivity index (χ1n) is 5.25. The number of carboxylic acid groups (broad SMARTS) is 1. The second-order valence-electron chi connectivity index (χ2n) is 3.99. The lowest BCUT2D eigenvalue weighted by Crippen LogP contribution is -2.36. The predicted octanol–water partition coefficient (Wildman–Crippen LogP) is 1.87. The van der Waals surface area contributed by atoms with Crippen molar-refractivity contribution < 1.29 is 36.2 Å². The molecule has 5 nitrogen and oxygen atoms in total. The van der Waals surface area contributed by atoms with Crippen LogP contribution in [0.3, 0.4) is 0 Å². The summed E-state index contributed by atoms with van der Waals surface area (Å²) in [6, 6.07) is 4.44. The van der Waals surface area contributed by atoms with E-state index in [9.17, 15) is 26.4 Å².